The number of rotatable bonds is 10. The minimum absolute atomic E-state index is 0.00284. The van der Waals surface area contributed by atoms with E-state index in [0.717, 1.165) is 43.3 Å². The van der Waals surface area contributed by atoms with Gasteiger partial charge in [0.05, 0.1) is 18.5 Å². The number of likely N-dealkylation sites (tertiary alicyclic amines) is 1. The van der Waals surface area contributed by atoms with Gasteiger partial charge in [0, 0.05) is 23.0 Å². The number of carboxylic acids is 1. The SMILES string of the molecule is COc1ccc2nccc([C@@H](F)CC[C@@H]3CCN(CCCc4cccs4)C[C@@H]3C(=O)O)c2c1. The van der Waals surface area contributed by atoms with Crippen molar-refractivity contribution in [3.63, 3.8) is 0 Å². The predicted octanol–water partition coefficient (Wildman–Crippen LogP) is 5.75. The number of fused-ring (bicyclic) bond motifs is 1. The van der Waals surface area contributed by atoms with Crippen molar-refractivity contribution < 1.29 is 19.0 Å². The van der Waals surface area contributed by atoms with Crippen LogP contribution in [-0.2, 0) is 11.2 Å². The lowest BCUT2D eigenvalue weighted by atomic mass is 9.81. The van der Waals surface area contributed by atoms with E-state index in [-0.39, 0.29) is 5.92 Å². The minimum Gasteiger partial charge on any atom is -0.497 e. The van der Waals surface area contributed by atoms with Gasteiger partial charge in [-0.05, 0) is 92.4 Å². The Morgan fingerprint density at radius 3 is 3.00 bits per heavy atom. The molecule has 1 saturated heterocycles. The van der Waals surface area contributed by atoms with Crippen LogP contribution in [0.5, 0.6) is 5.75 Å². The Morgan fingerprint density at radius 1 is 1.36 bits per heavy atom. The lowest BCUT2D eigenvalue weighted by molar-refractivity contribution is -0.146. The number of methoxy groups -OCH3 is 1. The average Bonchev–Trinajstić information content (AvgIpc) is 3.35. The van der Waals surface area contributed by atoms with Crippen LogP contribution in [0.4, 0.5) is 4.39 Å². The van der Waals surface area contributed by atoms with E-state index in [1.54, 1.807) is 30.7 Å². The second-order valence-electron chi connectivity index (χ2n) is 8.81. The highest BCUT2D eigenvalue weighted by Crippen LogP contribution is 2.35. The lowest BCUT2D eigenvalue weighted by Crippen LogP contribution is -2.44. The number of aliphatic carboxylic acids is 1. The van der Waals surface area contributed by atoms with Crippen molar-refractivity contribution in [2.75, 3.05) is 26.7 Å². The molecule has 0 saturated carbocycles. The zero-order chi connectivity index (χ0) is 23.2. The Kier molecular flexibility index (Phi) is 7.93. The lowest BCUT2D eigenvalue weighted by Gasteiger charge is -2.36. The van der Waals surface area contributed by atoms with Gasteiger partial charge in [-0.1, -0.05) is 6.07 Å². The van der Waals surface area contributed by atoms with E-state index in [4.69, 9.17) is 4.74 Å². The number of pyridine rings is 1. The highest BCUT2D eigenvalue weighted by molar-refractivity contribution is 7.09. The molecule has 0 radical (unpaired) electrons. The second-order valence-corrected chi connectivity index (χ2v) is 9.84. The summed E-state index contributed by atoms with van der Waals surface area (Å²) in [6, 6.07) is 11.4. The van der Waals surface area contributed by atoms with Gasteiger partial charge in [0.25, 0.3) is 0 Å². The molecule has 0 bridgehead atoms. The molecule has 2 aromatic heterocycles. The number of hydrogen-bond acceptors (Lipinski definition) is 5. The minimum atomic E-state index is -1.17. The molecule has 1 fully saturated rings. The number of thiophene rings is 1. The smallest absolute Gasteiger partial charge is 0.308 e. The molecule has 176 valence electrons. The maximum Gasteiger partial charge on any atom is 0.308 e. The summed E-state index contributed by atoms with van der Waals surface area (Å²) in [5.74, 6) is -0.544. The van der Waals surface area contributed by atoms with E-state index in [2.05, 4.69) is 27.4 Å². The molecule has 1 N–H and O–H groups in total. The molecule has 3 aromatic rings. The molecule has 33 heavy (non-hydrogen) atoms. The third kappa shape index (κ3) is 5.89. The molecule has 1 aliphatic heterocycles. The van der Waals surface area contributed by atoms with Gasteiger partial charge in [-0.25, -0.2) is 4.39 Å². The maximum atomic E-state index is 15.3. The summed E-state index contributed by atoms with van der Waals surface area (Å²) < 4.78 is 20.6. The third-order valence-corrected chi connectivity index (χ3v) is 7.68. The van der Waals surface area contributed by atoms with Crippen LogP contribution in [0.1, 0.15) is 42.3 Å². The van der Waals surface area contributed by atoms with Crippen molar-refractivity contribution in [3.05, 3.63) is 58.4 Å². The highest BCUT2D eigenvalue weighted by atomic mass is 32.1. The normalized spacial score (nSPS) is 20.1. The first-order valence-electron chi connectivity index (χ1n) is 11.6. The van der Waals surface area contributed by atoms with Crippen molar-refractivity contribution in [2.24, 2.45) is 11.8 Å². The van der Waals surface area contributed by atoms with Crippen LogP contribution in [0.25, 0.3) is 10.9 Å². The number of hydrogen-bond donors (Lipinski definition) is 1. The van der Waals surface area contributed by atoms with Crippen molar-refractivity contribution in [1.82, 2.24) is 9.88 Å². The number of alkyl halides is 1. The number of aryl methyl sites for hydroxylation is 1. The number of halogens is 1. The van der Waals surface area contributed by atoms with E-state index >= 15 is 4.39 Å². The number of ether oxygens (including phenoxy) is 1. The first kappa shape index (κ1) is 23.6. The standard InChI is InChI=1S/C26H31FN2O3S/c1-32-19-7-9-25-22(16-19)21(10-12-28-25)24(27)8-6-18-11-14-29(17-23(18)26(30)31)13-2-4-20-5-3-15-33-20/h3,5,7,9-10,12,15-16,18,23-24H,2,4,6,8,11,13-14,17H2,1H3,(H,30,31)/t18-,23+,24+/m1/s1. The Balaban J connectivity index is 1.34. The summed E-state index contributed by atoms with van der Waals surface area (Å²) in [5, 5.41) is 12.7. The molecule has 1 aromatic carbocycles. The molecule has 0 aliphatic carbocycles. The molecular formula is C26H31FN2O3S. The van der Waals surface area contributed by atoms with Gasteiger partial charge in [-0.15, -0.1) is 11.3 Å². The molecule has 3 heterocycles. The Labute approximate surface area is 198 Å². The summed E-state index contributed by atoms with van der Waals surface area (Å²) in [6.07, 6.45) is 4.20. The molecule has 3 atom stereocenters. The largest absolute Gasteiger partial charge is 0.497 e. The van der Waals surface area contributed by atoms with E-state index in [1.807, 2.05) is 18.2 Å². The molecule has 4 rings (SSSR count). The number of carboxylic acid groups (broad SMARTS) is 1. The molecule has 0 amide bonds. The summed E-state index contributed by atoms with van der Waals surface area (Å²) in [4.78, 5) is 20.0. The van der Waals surface area contributed by atoms with Crippen LogP contribution in [0.2, 0.25) is 0 Å². The van der Waals surface area contributed by atoms with E-state index < -0.39 is 18.1 Å². The fraction of sp³-hybridized carbons (Fsp3) is 0.462. The number of nitrogens with zero attached hydrogens (tertiary/aromatic N) is 2. The van der Waals surface area contributed by atoms with Gasteiger partial charge >= 0.3 is 5.97 Å². The van der Waals surface area contributed by atoms with E-state index in [1.165, 1.54) is 4.88 Å². The van der Waals surface area contributed by atoms with Gasteiger partial charge in [-0.3, -0.25) is 9.78 Å². The fourth-order valence-electron chi connectivity index (χ4n) is 4.89. The molecule has 5 nitrogen and oxygen atoms in total. The molecule has 0 unspecified atom stereocenters. The monoisotopic (exact) mass is 470 g/mol. The number of aromatic nitrogens is 1. The summed E-state index contributed by atoms with van der Waals surface area (Å²) in [5.41, 5.74) is 1.33. The van der Waals surface area contributed by atoms with E-state index in [0.29, 0.717) is 30.7 Å². The van der Waals surface area contributed by atoms with Crippen LogP contribution in [0.3, 0.4) is 0 Å². The van der Waals surface area contributed by atoms with Gasteiger partial charge in [0.2, 0.25) is 0 Å². The topological polar surface area (TPSA) is 62.7 Å². The van der Waals surface area contributed by atoms with Gasteiger partial charge in [0.1, 0.15) is 11.9 Å². The van der Waals surface area contributed by atoms with Gasteiger partial charge < -0.3 is 14.7 Å². The number of benzene rings is 1. The molecule has 7 heteroatoms. The van der Waals surface area contributed by atoms with Crippen molar-refractivity contribution in [3.8, 4) is 5.75 Å². The molecule has 1 aliphatic rings. The quantitative estimate of drug-likeness (QED) is 0.409. The van der Waals surface area contributed by atoms with Gasteiger partial charge in [-0.2, -0.15) is 0 Å². The average molecular weight is 471 g/mol. The summed E-state index contributed by atoms with van der Waals surface area (Å²) in [7, 11) is 1.59. The van der Waals surface area contributed by atoms with E-state index in [9.17, 15) is 9.90 Å². The van der Waals surface area contributed by atoms with Crippen LogP contribution < -0.4 is 4.74 Å². The second kappa shape index (κ2) is 11.1. The van der Waals surface area contributed by atoms with Crippen LogP contribution >= 0.6 is 11.3 Å². The predicted molar refractivity (Wildman–Crippen MR) is 130 cm³/mol. The first-order chi connectivity index (χ1) is 16.0. The summed E-state index contributed by atoms with van der Waals surface area (Å²) in [6.45, 7) is 2.34. The fourth-order valence-corrected chi connectivity index (χ4v) is 5.64. The third-order valence-electron chi connectivity index (χ3n) is 6.75. The maximum absolute atomic E-state index is 15.3. The highest BCUT2D eigenvalue weighted by Gasteiger charge is 2.34. The number of piperidine rings is 1. The summed E-state index contributed by atoms with van der Waals surface area (Å²) >= 11 is 1.77. The Hall–Kier alpha value is -2.51. The van der Waals surface area contributed by atoms with Crippen LogP contribution in [0.15, 0.2) is 48.0 Å². The van der Waals surface area contributed by atoms with Crippen LogP contribution in [-0.4, -0.2) is 47.7 Å². The Bertz CT molecular complexity index is 1060. The van der Waals surface area contributed by atoms with Crippen LogP contribution in [0, 0.1) is 11.8 Å². The Morgan fingerprint density at radius 2 is 2.24 bits per heavy atom. The zero-order valence-electron chi connectivity index (χ0n) is 19.0. The zero-order valence-corrected chi connectivity index (χ0v) is 19.8. The molecular weight excluding hydrogens is 439 g/mol. The first-order valence-corrected chi connectivity index (χ1v) is 12.5. The number of carbonyl (C=O) groups is 1. The van der Waals surface area contributed by atoms with Crippen molar-refractivity contribution >= 4 is 28.2 Å². The van der Waals surface area contributed by atoms with Crippen molar-refractivity contribution in [1.29, 1.82) is 0 Å². The molecule has 0 spiro atoms. The van der Waals surface area contributed by atoms with Crippen molar-refractivity contribution in [2.45, 2.75) is 38.3 Å². The van der Waals surface area contributed by atoms with Gasteiger partial charge in [0.15, 0.2) is 0 Å².